The molecular weight excluding hydrogens is 264 g/mol. The lowest BCUT2D eigenvalue weighted by molar-refractivity contribution is -0.124. The van der Waals surface area contributed by atoms with Gasteiger partial charge in [0.15, 0.2) is 0 Å². The fourth-order valence-corrected chi connectivity index (χ4v) is 2.81. The highest BCUT2D eigenvalue weighted by atomic mass is 32.2. The minimum Gasteiger partial charge on any atom is -0.394 e. The van der Waals surface area contributed by atoms with Crippen molar-refractivity contribution in [2.75, 3.05) is 18.1 Å². The number of unbranched alkanes of at least 4 members (excludes halogenated alkanes) is 1. The molecular formula is C13H28N2O3S. The van der Waals surface area contributed by atoms with Crippen molar-refractivity contribution in [3.8, 4) is 0 Å². The van der Waals surface area contributed by atoms with Gasteiger partial charge >= 0.3 is 0 Å². The molecule has 2 unspecified atom stereocenters. The number of aliphatic hydroxyl groups excluding tert-OH is 2. The molecule has 0 aromatic heterocycles. The van der Waals surface area contributed by atoms with E-state index < -0.39 is 11.6 Å². The molecule has 0 aromatic rings. The Labute approximate surface area is 120 Å². The summed E-state index contributed by atoms with van der Waals surface area (Å²) in [4.78, 5) is 11.5. The van der Waals surface area contributed by atoms with E-state index in [2.05, 4.69) is 5.32 Å². The molecule has 0 spiro atoms. The third kappa shape index (κ3) is 8.47. The second kappa shape index (κ2) is 9.58. The molecule has 114 valence electrons. The summed E-state index contributed by atoms with van der Waals surface area (Å²) in [6.45, 7) is 5.64. The number of amides is 1. The normalized spacial score (nSPS) is 16.3. The predicted octanol–water partition coefficient (Wildman–Crippen LogP) is 0.485. The van der Waals surface area contributed by atoms with Gasteiger partial charge in [-0.3, -0.25) is 4.79 Å². The van der Waals surface area contributed by atoms with E-state index in [1.54, 1.807) is 11.8 Å². The maximum Gasteiger partial charge on any atom is 0.237 e. The first-order chi connectivity index (χ1) is 8.81. The number of hydrogen-bond acceptors (Lipinski definition) is 5. The van der Waals surface area contributed by atoms with Gasteiger partial charge in [-0.15, -0.1) is 0 Å². The summed E-state index contributed by atoms with van der Waals surface area (Å²) in [5, 5.41) is 21.1. The van der Waals surface area contributed by atoms with E-state index in [1.807, 2.05) is 20.8 Å². The molecule has 5 N–H and O–H groups in total. The molecule has 2 atom stereocenters. The van der Waals surface area contributed by atoms with Crippen LogP contribution in [0.25, 0.3) is 0 Å². The van der Waals surface area contributed by atoms with Crippen molar-refractivity contribution in [2.24, 2.45) is 5.73 Å². The average molecular weight is 292 g/mol. The van der Waals surface area contributed by atoms with Gasteiger partial charge in [-0.1, -0.05) is 6.42 Å². The molecule has 0 aliphatic heterocycles. The van der Waals surface area contributed by atoms with E-state index >= 15 is 0 Å². The van der Waals surface area contributed by atoms with Crippen LogP contribution < -0.4 is 11.1 Å². The van der Waals surface area contributed by atoms with Gasteiger partial charge in [0.05, 0.1) is 18.2 Å². The number of carbonyl (C=O) groups excluding carboxylic acids is 1. The van der Waals surface area contributed by atoms with Crippen LogP contribution in [0.3, 0.4) is 0 Å². The molecule has 6 heteroatoms. The van der Waals surface area contributed by atoms with Gasteiger partial charge in [0.25, 0.3) is 0 Å². The van der Waals surface area contributed by atoms with Crippen molar-refractivity contribution in [3.05, 3.63) is 0 Å². The van der Waals surface area contributed by atoms with E-state index in [0.29, 0.717) is 12.2 Å². The van der Waals surface area contributed by atoms with Gasteiger partial charge in [0, 0.05) is 11.8 Å². The van der Waals surface area contributed by atoms with Crippen molar-refractivity contribution in [1.29, 1.82) is 0 Å². The molecule has 0 bridgehead atoms. The Balaban J connectivity index is 3.86. The van der Waals surface area contributed by atoms with Crippen LogP contribution in [-0.2, 0) is 4.79 Å². The standard InChI is InChI=1S/C13H28N2O3S/c1-10(2)15-13(3,12(14)18)6-4-5-7-19-9-11(17)8-16/h10-11,15-17H,4-9H2,1-3H3,(H2,14,18). The Hall–Kier alpha value is -0.300. The second-order valence-electron chi connectivity index (χ2n) is 5.36. The number of aliphatic hydroxyl groups is 2. The van der Waals surface area contributed by atoms with Crippen LogP contribution in [0.5, 0.6) is 0 Å². The van der Waals surface area contributed by atoms with Gasteiger partial charge in [-0.25, -0.2) is 0 Å². The van der Waals surface area contributed by atoms with Crippen LogP contribution in [0, 0.1) is 0 Å². The van der Waals surface area contributed by atoms with Crippen LogP contribution in [0.15, 0.2) is 0 Å². The molecule has 0 fully saturated rings. The van der Waals surface area contributed by atoms with Crippen LogP contribution >= 0.6 is 11.8 Å². The summed E-state index contributed by atoms with van der Waals surface area (Å²) >= 11 is 1.61. The number of primary amides is 1. The van der Waals surface area contributed by atoms with Gasteiger partial charge < -0.3 is 21.3 Å². The molecule has 0 saturated heterocycles. The van der Waals surface area contributed by atoms with Gasteiger partial charge in [0.1, 0.15) is 0 Å². The Morgan fingerprint density at radius 1 is 1.42 bits per heavy atom. The van der Waals surface area contributed by atoms with Crippen molar-refractivity contribution < 1.29 is 15.0 Å². The quantitative estimate of drug-likeness (QED) is 0.416. The summed E-state index contributed by atoms with van der Waals surface area (Å²) in [7, 11) is 0. The number of thioether (sulfide) groups is 1. The van der Waals surface area contributed by atoms with Gasteiger partial charge in [-0.05, 0) is 39.4 Å². The second-order valence-corrected chi connectivity index (χ2v) is 6.51. The first-order valence-electron chi connectivity index (χ1n) is 6.76. The molecule has 0 rings (SSSR count). The number of rotatable bonds is 11. The van der Waals surface area contributed by atoms with E-state index in [-0.39, 0.29) is 18.6 Å². The van der Waals surface area contributed by atoms with Crippen molar-refractivity contribution in [1.82, 2.24) is 5.32 Å². The predicted molar refractivity (Wildman–Crippen MR) is 80.1 cm³/mol. The van der Waals surface area contributed by atoms with E-state index in [1.165, 1.54) is 0 Å². The summed E-state index contributed by atoms with van der Waals surface area (Å²) in [6, 6.07) is 0.214. The Morgan fingerprint density at radius 3 is 2.53 bits per heavy atom. The number of nitrogens with two attached hydrogens (primary N) is 1. The number of carbonyl (C=O) groups is 1. The third-order valence-corrected chi connectivity index (χ3v) is 4.09. The van der Waals surface area contributed by atoms with Crippen LogP contribution in [0.4, 0.5) is 0 Å². The summed E-state index contributed by atoms with van der Waals surface area (Å²) in [6.07, 6.45) is 1.94. The van der Waals surface area contributed by atoms with E-state index in [0.717, 1.165) is 18.6 Å². The first-order valence-corrected chi connectivity index (χ1v) is 7.91. The summed E-state index contributed by atoms with van der Waals surface area (Å²) in [5.41, 5.74) is 4.80. The van der Waals surface area contributed by atoms with Crippen LogP contribution in [0.2, 0.25) is 0 Å². The zero-order valence-electron chi connectivity index (χ0n) is 12.2. The average Bonchev–Trinajstić information content (AvgIpc) is 2.32. The monoisotopic (exact) mass is 292 g/mol. The van der Waals surface area contributed by atoms with Crippen LogP contribution in [-0.4, -0.2) is 51.9 Å². The Bertz CT molecular complexity index is 264. The maximum absolute atomic E-state index is 11.5. The maximum atomic E-state index is 11.5. The smallest absolute Gasteiger partial charge is 0.237 e. The Kier molecular flexibility index (Phi) is 9.43. The zero-order valence-corrected chi connectivity index (χ0v) is 13.0. The molecule has 0 aromatic carbocycles. The lowest BCUT2D eigenvalue weighted by atomic mass is 9.93. The number of nitrogens with one attached hydrogen (secondary N) is 1. The highest BCUT2D eigenvalue weighted by Gasteiger charge is 2.30. The Morgan fingerprint density at radius 2 is 2.05 bits per heavy atom. The summed E-state index contributed by atoms with van der Waals surface area (Å²) < 4.78 is 0. The van der Waals surface area contributed by atoms with Crippen molar-refractivity contribution in [2.45, 2.75) is 57.7 Å². The highest BCUT2D eigenvalue weighted by molar-refractivity contribution is 7.99. The van der Waals surface area contributed by atoms with Crippen molar-refractivity contribution >= 4 is 17.7 Å². The largest absolute Gasteiger partial charge is 0.394 e. The van der Waals surface area contributed by atoms with Crippen LogP contribution in [0.1, 0.15) is 40.0 Å². The minimum atomic E-state index is -0.649. The number of hydrogen-bond donors (Lipinski definition) is 4. The SMILES string of the molecule is CC(C)NC(C)(CCCCSCC(O)CO)C(N)=O. The van der Waals surface area contributed by atoms with E-state index in [4.69, 9.17) is 10.8 Å². The molecule has 1 amide bonds. The molecule has 0 saturated carbocycles. The molecule has 0 aliphatic rings. The molecule has 19 heavy (non-hydrogen) atoms. The lowest BCUT2D eigenvalue weighted by Gasteiger charge is -2.29. The molecule has 0 radical (unpaired) electrons. The molecule has 0 aliphatic carbocycles. The summed E-state index contributed by atoms with van der Waals surface area (Å²) in [5.74, 6) is 1.14. The van der Waals surface area contributed by atoms with Gasteiger partial charge in [-0.2, -0.15) is 11.8 Å². The lowest BCUT2D eigenvalue weighted by Crippen LogP contribution is -2.55. The fraction of sp³-hybridized carbons (Fsp3) is 0.923. The zero-order chi connectivity index (χ0) is 14.9. The van der Waals surface area contributed by atoms with Crippen molar-refractivity contribution in [3.63, 3.8) is 0 Å². The fourth-order valence-electron chi connectivity index (χ4n) is 1.86. The molecule has 5 nitrogen and oxygen atoms in total. The van der Waals surface area contributed by atoms with E-state index in [9.17, 15) is 9.90 Å². The highest BCUT2D eigenvalue weighted by Crippen LogP contribution is 2.16. The van der Waals surface area contributed by atoms with Gasteiger partial charge in [0.2, 0.25) is 5.91 Å². The minimum absolute atomic E-state index is 0.189. The molecule has 0 heterocycles. The first kappa shape index (κ1) is 18.7. The third-order valence-electron chi connectivity index (χ3n) is 2.89. The topological polar surface area (TPSA) is 95.6 Å².